The first-order chi connectivity index (χ1) is 9.70. The van der Waals surface area contributed by atoms with Gasteiger partial charge in [-0.1, -0.05) is 6.42 Å². The number of rotatable bonds is 2. The Bertz CT molecular complexity index is 502. The number of amides is 1. The minimum Gasteiger partial charge on any atom is -0.354 e. The Kier molecular flexibility index (Phi) is 3.78. The monoisotopic (exact) mass is 276 g/mol. The van der Waals surface area contributed by atoms with Crippen molar-refractivity contribution < 1.29 is 4.79 Å². The number of piperidine rings is 1. The Morgan fingerprint density at radius 1 is 1.30 bits per heavy atom. The van der Waals surface area contributed by atoms with Gasteiger partial charge in [0.15, 0.2) is 5.69 Å². The molecule has 5 heteroatoms. The molecule has 5 nitrogen and oxygen atoms in total. The van der Waals surface area contributed by atoms with Crippen LogP contribution in [0.4, 0.5) is 0 Å². The molecule has 1 amide bonds. The molecule has 110 valence electrons. The van der Waals surface area contributed by atoms with E-state index < -0.39 is 0 Å². The molecule has 20 heavy (non-hydrogen) atoms. The van der Waals surface area contributed by atoms with Gasteiger partial charge in [-0.05, 0) is 45.2 Å². The highest BCUT2D eigenvalue weighted by molar-refractivity contribution is 5.93. The van der Waals surface area contributed by atoms with Gasteiger partial charge in [-0.3, -0.25) is 9.48 Å². The highest BCUT2D eigenvalue weighted by Crippen LogP contribution is 2.28. The summed E-state index contributed by atoms with van der Waals surface area (Å²) < 4.78 is 1.90. The molecule has 1 aromatic heterocycles. The molecule has 0 saturated carbocycles. The van der Waals surface area contributed by atoms with Crippen molar-refractivity contribution >= 4 is 5.91 Å². The number of hydrogen-bond donors (Lipinski definition) is 1. The van der Waals surface area contributed by atoms with Crippen LogP contribution in [0.25, 0.3) is 0 Å². The summed E-state index contributed by atoms with van der Waals surface area (Å²) in [6.07, 6.45) is 7.21. The van der Waals surface area contributed by atoms with Crippen molar-refractivity contribution in [2.24, 2.45) is 7.05 Å². The average Bonchev–Trinajstić information content (AvgIpc) is 2.84. The molecule has 1 atom stereocenters. The molecular formula is C15H24N4O. The van der Waals surface area contributed by atoms with Crippen molar-refractivity contribution in [2.45, 2.75) is 44.6 Å². The molecular weight excluding hydrogens is 252 g/mol. The van der Waals surface area contributed by atoms with E-state index in [1.807, 2.05) is 11.7 Å². The maximum absolute atomic E-state index is 12.0. The van der Waals surface area contributed by atoms with Gasteiger partial charge in [0.1, 0.15) is 0 Å². The van der Waals surface area contributed by atoms with E-state index in [1.54, 1.807) is 7.05 Å². The normalized spacial score (nSPS) is 23.4. The van der Waals surface area contributed by atoms with Crippen LogP contribution in [0, 0.1) is 0 Å². The Hall–Kier alpha value is -1.36. The van der Waals surface area contributed by atoms with E-state index in [4.69, 9.17) is 0 Å². The first kappa shape index (κ1) is 13.6. The average molecular weight is 276 g/mol. The van der Waals surface area contributed by atoms with Gasteiger partial charge in [0.25, 0.3) is 5.91 Å². The Labute approximate surface area is 120 Å². The van der Waals surface area contributed by atoms with Crippen molar-refractivity contribution in [1.29, 1.82) is 0 Å². The molecule has 1 unspecified atom stereocenters. The number of nitrogens with zero attached hydrogens (tertiary/aromatic N) is 3. The molecule has 1 saturated heterocycles. The zero-order chi connectivity index (χ0) is 14.1. The summed E-state index contributed by atoms with van der Waals surface area (Å²) in [6, 6.07) is 0.593. The first-order valence-electron chi connectivity index (χ1n) is 7.71. The van der Waals surface area contributed by atoms with Crippen LogP contribution in [0.1, 0.15) is 47.4 Å². The molecule has 0 spiro atoms. The summed E-state index contributed by atoms with van der Waals surface area (Å²) >= 11 is 0. The zero-order valence-electron chi connectivity index (χ0n) is 12.5. The van der Waals surface area contributed by atoms with E-state index in [2.05, 4.69) is 15.3 Å². The molecule has 0 aromatic carbocycles. The van der Waals surface area contributed by atoms with Crippen molar-refractivity contribution in [3.63, 3.8) is 0 Å². The van der Waals surface area contributed by atoms with Gasteiger partial charge in [-0.2, -0.15) is 5.10 Å². The quantitative estimate of drug-likeness (QED) is 0.881. The lowest BCUT2D eigenvalue weighted by Gasteiger charge is -2.36. The van der Waals surface area contributed by atoms with Gasteiger partial charge in [0, 0.05) is 31.4 Å². The molecule has 1 N–H and O–H groups in total. The van der Waals surface area contributed by atoms with Crippen molar-refractivity contribution in [3.8, 4) is 0 Å². The number of carbonyl (C=O) groups excluding carboxylic acids is 1. The van der Waals surface area contributed by atoms with Crippen LogP contribution in [-0.4, -0.2) is 46.8 Å². The zero-order valence-corrected chi connectivity index (χ0v) is 12.5. The van der Waals surface area contributed by atoms with Crippen LogP contribution in [-0.2, 0) is 19.9 Å². The maximum Gasteiger partial charge on any atom is 0.271 e. The SMILES string of the molecule is CNC(=O)c1nn(C)c2c1CC(N1CCCCC1)CC2. The molecule has 3 rings (SSSR count). The van der Waals surface area contributed by atoms with E-state index in [9.17, 15) is 4.79 Å². The summed E-state index contributed by atoms with van der Waals surface area (Å²) in [5, 5.41) is 7.14. The second-order valence-corrected chi connectivity index (χ2v) is 5.97. The van der Waals surface area contributed by atoms with Gasteiger partial charge >= 0.3 is 0 Å². The van der Waals surface area contributed by atoms with E-state index in [1.165, 1.54) is 50.0 Å². The number of aromatic nitrogens is 2. The van der Waals surface area contributed by atoms with Crippen molar-refractivity contribution in [1.82, 2.24) is 20.0 Å². The topological polar surface area (TPSA) is 50.2 Å². The lowest BCUT2D eigenvalue weighted by atomic mass is 9.89. The molecule has 1 aliphatic heterocycles. The standard InChI is InChI=1S/C15H24N4O/c1-16-15(20)14-12-10-11(19-8-4-3-5-9-19)6-7-13(12)18(2)17-14/h11H,3-10H2,1-2H3,(H,16,20). The van der Waals surface area contributed by atoms with E-state index >= 15 is 0 Å². The van der Waals surface area contributed by atoms with Crippen molar-refractivity contribution in [3.05, 3.63) is 17.0 Å². The fourth-order valence-corrected chi connectivity index (χ4v) is 3.67. The third kappa shape index (κ3) is 2.35. The van der Waals surface area contributed by atoms with Crippen molar-refractivity contribution in [2.75, 3.05) is 20.1 Å². The van der Waals surface area contributed by atoms with Crippen LogP contribution in [0.15, 0.2) is 0 Å². The number of fused-ring (bicyclic) bond motifs is 1. The molecule has 1 aliphatic carbocycles. The van der Waals surface area contributed by atoms with Gasteiger partial charge in [0.05, 0.1) is 0 Å². The summed E-state index contributed by atoms with van der Waals surface area (Å²) in [7, 11) is 3.63. The number of carbonyl (C=O) groups is 1. The van der Waals surface area contributed by atoms with Gasteiger partial charge in [-0.25, -0.2) is 0 Å². The third-order valence-electron chi connectivity index (χ3n) is 4.78. The van der Waals surface area contributed by atoms with Crippen LogP contribution in [0.3, 0.4) is 0 Å². The van der Waals surface area contributed by atoms with E-state index in [0.717, 1.165) is 12.8 Å². The minimum absolute atomic E-state index is 0.0545. The highest BCUT2D eigenvalue weighted by Gasteiger charge is 2.31. The van der Waals surface area contributed by atoms with Gasteiger partial charge in [-0.15, -0.1) is 0 Å². The molecule has 0 bridgehead atoms. The predicted molar refractivity (Wildman–Crippen MR) is 77.8 cm³/mol. The second-order valence-electron chi connectivity index (χ2n) is 5.97. The minimum atomic E-state index is -0.0545. The number of hydrogen-bond acceptors (Lipinski definition) is 3. The molecule has 1 aromatic rings. The van der Waals surface area contributed by atoms with E-state index in [0.29, 0.717) is 11.7 Å². The highest BCUT2D eigenvalue weighted by atomic mass is 16.1. The number of aryl methyl sites for hydroxylation is 1. The summed E-state index contributed by atoms with van der Waals surface area (Å²) in [5.41, 5.74) is 3.05. The van der Waals surface area contributed by atoms with Crippen LogP contribution in [0.2, 0.25) is 0 Å². The van der Waals surface area contributed by atoms with E-state index in [-0.39, 0.29) is 5.91 Å². The fourth-order valence-electron chi connectivity index (χ4n) is 3.67. The Morgan fingerprint density at radius 2 is 2.05 bits per heavy atom. The molecule has 2 heterocycles. The maximum atomic E-state index is 12.0. The number of nitrogens with one attached hydrogen (secondary N) is 1. The summed E-state index contributed by atoms with van der Waals surface area (Å²) in [6.45, 7) is 2.44. The molecule has 1 fully saturated rings. The third-order valence-corrected chi connectivity index (χ3v) is 4.78. The Morgan fingerprint density at radius 3 is 2.75 bits per heavy atom. The fraction of sp³-hybridized carbons (Fsp3) is 0.733. The largest absolute Gasteiger partial charge is 0.354 e. The molecule has 2 aliphatic rings. The Balaban J connectivity index is 1.83. The second kappa shape index (κ2) is 5.56. The van der Waals surface area contributed by atoms with Gasteiger partial charge in [0.2, 0.25) is 0 Å². The molecule has 0 radical (unpaired) electrons. The van der Waals surface area contributed by atoms with Crippen LogP contribution < -0.4 is 5.32 Å². The first-order valence-corrected chi connectivity index (χ1v) is 7.71. The summed E-state index contributed by atoms with van der Waals surface area (Å²) in [4.78, 5) is 14.6. The lowest BCUT2D eigenvalue weighted by Crippen LogP contribution is -2.42. The summed E-state index contributed by atoms with van der Waals surface area (Å²) in [5.74, 6) is -0.0545. The van der Waals surface area contributed by atoms with Crippen LogP contribution in [0.5, 0.6) is 0 Å². The smallest absolute Gasteiger partial charge is 0.271 e. The van der Waals surface area contributed by atoms with Gasteiger partial charge < -0.3 is 10.2 Å². The predicted octanol–water partition coefficient (Wildman–Crippen LogP) is 1.12. The number of likely N-dealkylation sites (tertiary alicyclic amines) is 1. The lowest BCUT2D eigenvalue weighted by molar-refractivity contribution is 0.0955. The van der Waals surface area contributed by atoms with Crippen LogP contribution >= 0.6 is 0 Å².